The fraction of sp³-hybridized carbons (Fsp3) is 0.318. The minimum atomic E-state index is -3.69. The van der Waals surface area contributed by atoms with Gasteiger partial charge in [0, 0.05) is 22.9 Å². The fourth-order valence-corrected chi connectivity index (χ4v) is 5.03. The van der Waals surface area contributed by atoms with Crippen LogP contribution in [0.15, 0.2) is 58.4 Å². The molecule has 0 radical (unpaired) electrons. The van der Waals surface area contributed by atoms with Gasteiger partial charge >= 0.3 is 0 Å². The number of carbonyl (C=O) groups is 2. The van der Waals surface area contributed by atoms with Gasteiger partial charge < -0.3 is 10.6 Å². The van der Waals surface area contributed by atoms with E-state index in [-0.39, 0.29) is 28.6 Å². The summed E-state index contributed by atoms with van der Waals surface area (Å²) in [5.74, 6) is 0.307. The van der Waals surface area contributed by atoms with Gasteiger partial charge in [-0.05, 0) is 61.6 Å². The predicted molar refractivity (Wildman–Crippen MR) is 126 cm³/mol. The van der Waals surface area contributed by atoms with Gasteiger partial charge in [0.2, 0.25) is 5.91 Å². The number of hydrogen-bond donors (Lipinski definition) is 3. The van der Waals surface area contributed by atoms with Gasteiger partial charge in [-0.15, -0.1) is 0 Å². The molecule has 0 bridgehead atoms. The monoisotopic (exact) mass is 472 g/mol. The highest BCUT2D eigenvalue weighted by atomic mass is 32.2. The number of nitrogens with one attached hydrogen (secondary N) is 3. The summed E-state index contributed by atoms with van der Waals surface area (Å²) in [4.78, 5) is 30.0. The van der Waals surface area contributed by atoms with Crippen molar-refractivity contribution >= 4 is 45.1 Å². The van der Waals surface area contributed by atoms with Crippen molar-refractivity contribution in [2.45, 2.75) is 36.2 Å². The molecular formula is C22H24N4O4S2. The maximum absolute atomic E-state index is 13.0. The summed E-state index contributed by atoms with van der Waals surface area (Å²) < 4.78 is 27.2. The van der Waals surface area contributed by atoms with Gasteiger partial charge in [-0.25, -0.2) is 8.42 Å². The summed E-state index contributed by atoms with van der Waals surface area (Å²) in [5.41, 5.74) is 1.41. The molecule has 2 aliphatic rings. The van der Waals surface area contributed by atoms with Crippen LogP contribution < -0.4 is 15.4 Å². The van der Waals surface area contributed by atoms with Crippen LogP contribution in [0.3, 0.4) is 0 Å². The Bertz CT molecular complexity index is 1180. The number of fused-ring (bicyclic) bond motifs is 1. The van der Waals surface area contributed by atoms with E-state index in [0.29, 0.717) is 29.0 Å². The van der Waals surface area contributed by atoms with Crippen molar-refractivity contribution in [1.29, 1.82) is 0 Å². The Hall–Kier alpha value is -2.85. The van der Waals surface area contributed by atoms with Gasteiger partial charge in [-0.1, -0.05) is 18.2 Å². The summed E-state index contributed by atoms with van der Waals surface area (Å²) >= 11 is 1.57. The molecule has 0 spiro atoms. The van der Waals surface area contributed by atoms with Crippen LogP contribution in [0.5, 0.6) is 0 Å². The molecule has 10 heteroatoms. The van der Waals surface area contributed by atoms with E-state index in [4.69, 9.17) is 0 Å². The highest BCUT2D eigenvalue weighted by Gasteiger charge is 2.32. The Morgan fingerprint density at radius 3 is 2.72 bits per heavy atom. The first-order valence-electron chi connectivity index (χ1n) is 10.3. The molecule has 1 saturated carbocycles. The van der Waals surface area contributed by atoms with Crippen LogP contribution in [0.1, 0.15) is 35.2 Å². The summed E-state index contributed by atoms with van der Waals surface area (Å²) in [6.45, 7) is 0. The van der Waals surface area contributed by atoms with Gasteiger partial charge in [-0.2, -0.15) is 11.8 Å². The van der Waals surface area contributed by atoms with E-state index in [2.05, 4.69) is 20.3 Å². The number of nitrogens with zero attached hydrogens (tertiary/aromatic N) is 1. The van der Waals surface area contributed by atoms with E-state index in [1.54, 1.807) is 54.2 Å². The fourth-order valence-electron chi connectivity index (χ4n) is 3.33. The lowest BCUT2D eigenvalue weighted by atomic mass is 10.1. The molecule has 3 N–H and O–H groups in total. The van der Waals surface area contributed by atoms with E-state index in [1.807, 2.05) is 6.26 Å². The maximum Gasteiger partial charge on any atom is 0.263 e. The first-order valence-corrected chi connectivity index (χ1v) is 13.2. The van der Waals surface area contributed by atoms with Crippen LogP contribution >= 0.6 is 11.8 Å². The molecule has 4 rings (SSSR count). The van der Waals surface area contributed by atoms with Gasteiger partial charge in [-0.3, -0.25) is 19.3 Å². The van der Waals surface area contributed by atoms with Crippen molar-refractivity contribution < 1.29 is 18.0 Å². The third-order valence-electron chi connectivity index (χ3n) is 5.15. The van der Waals surface area contributed by atoms with E-state index >= 15 is 0 Å². The van der Waals surface area contributed by atoms with Gasteiger partial charge in [0.05, 0.1) is 4.90 Å². The van der Waals surface area contributed by atoms with Crippen LogP contribution in [0.4, 0.5) is 5.69 Å². The molecule has 0 unspecified atom stereocenters. The SMILES string of the molecule is CSCC[C@@H](N=C1NS(=O)(=O)c2ccccc21)C(=O)Nc1cccc(C(=O)NC2CC2)c1. The average Bonchev–Trinajstić information content (AvgIpc) is 3.55. The largest absolute Gasteiger partial charge is 0.349 e. The molecule has 1 aliphatic carbocycles. The number of aliphatic imine (C=N–C) groups is 1. The number of sulfonamides is 1. The molecule has 2 aromatic carbocycles. The van der Waals surface area contributed by atoms with Crippen LogP contribution in [0.2, 0.25) is 0 Å². The third kappa shape index (κ3) is 5.13. The van der Waals surface area contributed by atoms with Crippen LogP contribution in [0.25, 0.3) is 0 Å². The Morgan fingerprint density at radius 1 is 1.19 bits per heavy atom. The Balaban J connectivity index is 1.54. The zero-order chi connectivity index (χ0) is 22.7. The number of anilines is 1. The van der Waals surface area contributed by atoms with Gasteiger partial charge in [0.15, 0.2) is 0 Å². The number of amidine groups is 1. The zero-order valence-corrected chi connectivity index (χ0v) is 19.1. The quantitative estimate of drug-likeness (QED) is 0.545. The minimum absolute atomic E-state index is 0.150. The molecule has 32 heavy (non-hydrogen) atoms. The normalized spacial score (nSPS) is 18.5. The second-order valence-electron chi connectivity index (χ2n) is 7.69. The van der Waals surface area contributed by atoms with E-state index < -0.39 is 16.1 Å². The number of thioether (sulfide) groups is 1. The van der Waals surface area contributed by atoms with Gasteiger partial charge in [0.25, 0.3) is 15.9 Å². The van der Waals surface area contributed by atoms with Crippen molar-refractivity contribution in [2.75, 3.05) is 17.3 Å². The Morgan fingerprint density at radius 2 is 1.97 bits per heavy atom. The summed E-state index contributed by atoms with van der Waals surface area (Å²) in [5, 5.41) is 5.75. The van der Waals surface area contributed by atoms with E-state index in [9.17, 15) is 18.0 Å². The number of benzene rings is 2. The number of carbonyl (C=O) groups excluding carboxylic acids is 2. The first-order chi connectivity index (χ1) is 15.4. The highest BCUT2D eigenvalue weighted by Crippen LogP contribution is 2.24. The lowest BCUT2D eigenvalue weighted by molar-refractivity contribution is -0.117. The number of rotatable bonds is 8. The molecule has 1 aliphatic heterocycles. The molecule has 1 fully saturated rings. The summed E-state index contributed by atoms with van der Waals surface area (Å²) in [6.07, 6.45) is 4.35. The predicted octanol–water partition coefficient (Wildman–Crippen LogP) is 2.38. The topological polar surface area (TPSA) is 117 Å². The number of hydrogen-bond acceptors (Lipinski definition) is 6. The lowest BCUT2D eigenvalue weighted by Crippen LogP contribution is -2.31. The molecule has 2 amide bonds. The number of amides is 2. The molecule has 1 atom stereocenters. The smallest absolute Gasteiger partial charge is 0.263 e. The van der Waals surface area contributed by atoms with E-state index in [0.717, 1.165) is 12.8 Å². The first kappa shape index (κ1) is 22.3. The minimum Gasteiger partial charge on any atom is -0.349 e. The molecular weight excluding hydrogens is 448 g/mol. The molecule has 1 heterocycles. The second kappa shape index (κ2) is 9.33. The molecule has 8 nitrogen and oxygen atoms in total. The molecule has 0 aromatic heterocycles. The van der Waals surface area contributed by atoms with Crippen molar-refractivity contribution in [3.63, 3.8) is 0 Å². The van der Waals surface area contributed by atoms with Crippen LogP contribution in [0, 0.1) is 0 Å². The van der Waals surface area contributed by atoms with E-state index in [1.165, 1.54) is 6.07 Å². The maximum atomic E-state index is 13.0. The van der Waals surface area contributed by atoms with Gasteiger partial charge in [0.1, 0.15) is 11.9 Å². The highest BCUT2D eigenvalue weighted by molar-refractivity contribution is 7.98. The van der Waals surface area contributed by atoms with Crippen molar-refractivity contribution in [1.82, 2.24) is 10.0 Å². The second-order valence-corrected chi connectivity index (χ2v) is 10.3. The third-order valence-corrected chi connectivity index (χ3v) is 7.19. The van der Waals surface area contributed by atoms with Crippen molar-refractivity contribution in [3.8, 4) is 0 Å². The van der Waals surface area contributed by atoms with Crippen molar-refractivity contribution in [2.24, 2.45) is 4.99 Å². The molecule has 168 valence electrons. The zero-order valence-electron chi connectivity index (χ0n) is 17.5. The Labute approximate surface area is 191 Å². The average molecular weight is 473 g/mol. The lowest BCUT2D eigenvalue weighted by Gasteiger charge is -2.14. The van der Waals surface area contributed by atoms with Crippen molar-refractivity contribution in [3.05, 3.63) is 59.7 Å². The summed E-state index contributed by atoms with van der Waals surface area (Å²) in [6, 6.07) is 12.7. The molecule has 2 aromatic rings. The standard InChI is InChI=1S/C22H24N4O4S2/c1-31-12-11-18(25-20-17-7-2-3-8-19(17)32(29,30)26-20)22(28)24-16-6-4-5-14(13-16)21(27)23-15-9-10-15/h2-8,13,15,18H,9-12H2,1H3,(H,23,27)(H,24,28)(H,25,26)/t18-/m1/s1. The van der Waals surface area contributed by atoms with Crippen LogP contribution in [-0.2, 0) is 14.8 Å². The Kier molecular flexibility index (Phi) is 6.52. The molecule has 0 saturated heterocycles. The summed E-state index contributed by atoms with van der Waals surface area (Å²) in [7, 11) is -3.69. The van der Waals surface area contributed by atoms with Crippen LogP contribution in [-0.4, -0.2) is 50.2 Å².